The zero-order valence-corrected chi connectivity index (χ0v) is 17.0. The largest absolute Gasteiger partial charge is 0.492 e. The summed E-state index contributed by atoms with van der Waals surface area (Å²) in [6.07, 6.45) is -4.36. The number of nitrogens with zero attached hydrogens (tertiary/aromatic N) is 1. The Morgan fingerprint density at radius 1 is 1.11 bits per heavy atom. The van der Waals surface area contributed by atoms with Crippen molar-refractivity contribution in [3.05, 3.63) is 59.7 Å². The second-order valence-corrected chi connectivity index (χ2v) is 5.35. The molecule has 148 valence electrons. The van der Waals surface area contributed by atoms with Gasteiger partial charge in [0.15, 0.2) is 5.96 Å². The lowest BCUT2D eigenvalue weighted by molar-refractivity contribution is -0.137. The molecule has 0 atom stereocenters. The zero-order valence-electron chi connectivity index (χ0n) is 14.6. The van der Waals surface area contributed by atoms with Crippen molar-refractivity contribution in [2.45, 2.75) is 12.8 Å². The van der Waals surface area contributed by atoms with E-state index < -0.39 is 11.7 Å². The molecular weight excluding hydrogens is 474 g/mol. The molecule has 0 amide bonds. The van der Waals surface area contributed by atoms with Gasteiger partial charge in [-0.2, -0.15) is 13.2 Å². The Morgan fingerprint density at radius 2 is 1.78 bits per heavy atom. The first-order chi connectivity index (χ1) is 12.4. The van der Waals surface area contributed by atoms with Gasteiger partial charge in [0.1, 0.15) is 12.4 Å². The maximum Gasteiger partial charge on any atom is 0.416 e. The van der Waals surface area contributed by atoms with Crippen molar-refractivity contribution in [1.29, 1.82) is 0 Å². The number of nitrogens with one attached hydrogen (secondary N) is 1. The summed E-state index contributed by atoms with van der Waals surface area (Å²) in [5.41, 5.74) is 6.85. The third-order valence-electron chi connectivity index (χ3n) is 3.40. The van der Waals surface area contributed by atoms with E-state index in [0.717, 1.165) is 23.4 Å². The van der Waals surface area contributed by atoms with Crippen LogP contribution in [0.15, 0.2) is 53.5 Å². The molecule has 0 radical (unpaired) electrons. The highest BCUT2D eigenvalue weighted by Gasteiger charge is 2.29. The number of guanidine groups is 1. The number of ether oxygens (including phenoxy) is 2. The Kier molecular flexibility index (Phi) is 9.36. The van der Waals surface area contributed by atoms with Crippen LogP contribution in [0.2, 0.25) is 0 Å². The molecule has 0 aliphatic rings. The summed E-state index contributed by atoms with van der Waals surface area (Å²) >= 11 is 0. The molecule has 0 saturated carbocycles. The van der Waals surface area contributed by atoms with Crippen molar-refractivity contribution in [2.75, 3.05) is 25.6 Å². The Labute approximate surface area is 172 Å². The average molecular weight is 495 g/mol. The molecule has 3 N–H and O–H groups in total. The summed E-state index contributed by atoms with van der Waals surface area (Å²) in [6, 6.07) is 12.0. The van der Waals surface area contributed by atoms with Gasteiger partial charge in [-0.15, -0.1) is 24.0 Å². The number of anilines is 1. The lowest BCUT2D eigenvalue weighted by Gasteiger charge is -2.11. The smallest absolute Gasteiger partial charge is 0.416 e. The Bertz CT molecular complexity index is 737. The first-order valence-corrected chi connectivity index (χ1v) is 7.84. The molecule has 2 rings (SSSR count). The second kappa shape index (κ2) is 11.0. The molecular formula is C18H21F3IN3O2. The summed E-state index contributed by atoms with van der Waals surface area (Å²) in [7, 11) is 1.60. The van der Waals surface area contributed by atoms with Crippen LogP contribution in [0.5, 0.6) is 5.75 Å². The van der Waals surface area contributed by atoms with Crippen LogP contribution in [0, 0.1) is 0 Å². The van der Waals surface area contributed by atoms with Crippen molar-refractivity contribution < 1.29 is 22.6 Å². The highest BCUT2D eigenvalue weighted by atomic mass is 127. The van der Waals surface area contributed by atoms with E-state index in [-0.39, 0.29) is 43.1 Å². The number of benzene rings is 2. The summed E-state index contributed by atoms with van der Waals surface area (Å²) in [4.78, 5) is 4.13. The van der Waals surface area contributed by atoms with Crippen molar-refractivity contribution in [3.8, 4) is 5.75 Å². The van der Waals surface area contributed by atoms with Crippen LogP contribution in [0.1, 0.15) is 11.1 Å². The lowest BCUT2D eigenvalue weighted by Crippen LogP contribution is -2.24. The normalized spacial score (nSPS) is 11.6. The van der Waals surface area contributed by atoms with Gasteiger partial charge in [0, 0.05) is 18.4 Å². The molecule has 0 saturated heterocycles. The highest BCUT2D eigenvalue weighted by Crippen LogP contribution is 2.30. The van der Waals surface area contributed by atoms with Crippen LogP contribution in [0.3, 0.4) is 0 Å². The fourth-order valence-electron chi connectivity index (χ4n) is 2.17. The van der Waals surface area contributed by atoms with Crippen LogP contribution in [0.25, 0.3) is 0 Å². The van der Waals surface area contributed by atoms with Crippen molar-refractivity contribution in [2.24, 2.45) is 10.7 Å². The number of para-hydroxylation sites is 1. The molecule has 27 heavy (non-hydrogen) atoms. The quantitative estimate of drug-likeness (QED) is 0.261. The number of rotatable bonds is 7. The Balaban J connectivity index is 0.00000364. The standard InChI is InChI=1S/C18H20F3N3O2.HI/c1-25-12-13-4-2-3-5-16(13)24-17(22)23-10-11-26-15-8-6-14(7-9-15)18(19,20)21;/h2-9H,10-12H2,1H3,(H3,22,23,24);1H. The van der Waals surface area contributed by atoms with Crippen LogP contribution in [-0.4, -0.2) is 26.2 Å². The van der Waals surface area contributed by atoms with E-state index >= 15 is 0 Å². The summed E-state index contributed by atoms with van der Waals surface area (Å²) in [5.74, 6) is 0.551. The minimum Gasteiger partial charge on any atom is -0.492 e. The van der Waals surface area contributed by atoms with E-state index in [2.05, 4.69) is 10.3 Å². The number of hydrogen-bond acceptors (Lipinski definition) is 3. The van der Waals surface area contributed by atoms with Gasteiger partial charge in [-0.25, -0.2) is 4.99 Å². The van der Waals surface area contributed by atoms with E-state index in [1.165, 1.54) is 12.1 Å². The maximum atomic E-state index is 12.5. The number of aliphatic imine (C=N–C) groups is 1. The number of hydrogen-bond donors (Lipinski definition) is 2. The topological polar surface area (TPSA) is 68.9 Å². The van der Waals surface area contributed by atoms with Gasteiger partial charge in [-0.05, 0) is 30.3 Å². The fraction of sp³-hybridized carbons (Fsp3) is 0.278. The van der Waals surface area contributed by atoms with Crippen molar-refractivity contribution >= 4 is 35.6 Å². The van der Waals surface area contributed by atoms with Crippen LogP contribution >= 0.6 is 24.0 Å². The van der Waals surface area contributed by atoms with Gasteiger partial charge in [0.25, 0.3) is 0 Å². The van der Waals surface area contributed by atoms with Crippen molar-refractivity contribution in [1.82, 2.24) is 0 Å². The first kappa shape index (κ1) is 23.0. The lowest BCUT2D eigenvalue weighted by atomic mass is 10.2. The molecule has 5 nitrogen and oxygen atoms in total. The summed E-state index contributed by atoms with van der Waals surface area (Å²) in [5, 5.41) is 2.99. The first-order valence-electron chi connectivity index (χ1n) is 7.84. The molecule has 0 spiro atoms. The minimum atomic E-state index is -4.36. The van der Waals surface area contributed by atoms with Crippen LogP contribution < -0.4 is 15.8 Å². The zero-order chi connectivity index (χ0) is 19.0. The third kappa shape index (κ3) is 7.63. The molecule has 0 heterocycles. The molecule has 0 aliphatic carbocycles. The molecule has 2 aromatic rings. The van der Waals surface area contributed by atoms with E-state index in [9.17, 15) is 13.2 Å². The van der Waals surface area contributed by atoms with Gasteiger partial charge in [-0.1, -0.05) is 18.2 Å². The predicted molar refractivity (Wildman–Crippen MR) is 110 cm³/mol. The van der Waals surface area contributed by atoms with E-state index in [0.29, 0.717) is 12.4 Å². The van der Waals surface area contributed by atoms with Gasteiger partial charge < -0.3 is 20.5 Å². The molecule has 9 heteroatoms. The average Bonchev–Trinajstić information content (AvgIpc) is 2.60. The minimum absolute atomic E-state index is 0. The van der Waals surface area contributed by atoms with E-state index in [1.807, 2.05) is 24.3 Å². The molecule has 0 unspecified atom stereocenters. The third-order valence-corrected chi connectivity index (χ3v) is 3.40. The molecule has 0 aromatic heterocycles. The molecule has 0 bridgehead atoms. The second-order valence-electron chi connectivity index (χ2n) is 5.35. The van der Waals surface area contributed by atoms with Gasteiger partial charge in [0.2, 0.25) is 0 Å². The predicted octanol–water partition coefficient (Wildman–Crippen LogP) is 4.28. The van der Waals surface area contributed by atoms with E-state index in [4.69, 9.17) is 15.2 Å². The number of alkyl halides is 3. The van der Waals surface area contributed by atoms with Gasteiger partial charge in [0.05, 0.1) is 18.7 Å². The van der Waals surface area contributed by atoms with E-state index in [1.54, 1.807) is 7.11 Å². The molecule has 0 aliphatic heterocycles. The van der Waals surface area contributed by atoms with Crippen LogP contribution in [-0.2, 0) is 17.5 Å². The number of methoxy groups -OCH3 is 1. The van der Waals surface area contributed by atoms with Crippen molar-refractivity contribution in [3.63, 3.8) is 0 Å². The monoisotopic (exact) mass is 495 g/mol. The highest BCUT2D eigenvalue weighted by molar-refractivity contribution is 14.0. The molecule has 2 aromatic carbocycles. The fourth-order valence-corrected chi connectivity index (χ4v) is 2.17. The molecule has 0 fully saturated rings. The summed E-state index contributed by atoms with van der Waals surface area (Å²) < 4.78 is 47.9. The maximum absolute atomic E-state index is 12.5. The van der Waals surface area contributed by atoms with Gasteiger partial charge in [-0.3, -0.25) is 0 Å². The Morgan fingerprint density at radius 3 is 2.41 bits per heavy atom. The SMILES string of the molecule is COCc1ccccc1NC(N)=NCCOc1ccc(C(F)(F)F)cc1.I. The van der Waals surface area contributed by atoms with Crippen LogP contribution in [0.4, 0.5) is 18.9 Å². The Hall–Kier alpha value is -2.01. The summed E-state index contributed by atoms with van der Waals surface area (Å²) in [6.45, 7) is 0.882. The number of halogens is 4. The number of nitrogens with two attached hydrogens (primary N) is 1. The van der Waals surface area contributed by atoms with Gasteiger partial charge >= 0.3 is 6.18 Å².